The highest BCUT2D eigenvalue weighted by atomic mass is 32.2. The van der Waals surface area contributed by atoms with E-state index in [0.29, 0.717) is 13.1 Å². The molecule has 0 unspecified atom stereocenters. The fraction of sp³-hybridized carbons (Fsp3) is 0.476. The number of aryl methyl sites for hydroxylation is 1. The Morgan fingerprint density at radius 2 is 1.62 bits per heavy atom. The molecule has 29 heavy (non-hydrogen) atoms. The molecule has 2 amide bonds. The number of rotatable bonds is 4. The number of nitrogens with one attached hydrogen (secondary N) is 1. The van der Waals surface area contributed by atoms with E-state index in [1.54, 1.807) is 11.8 Å². The third kappa shape index (κ3) is 4.75. The van der Waals surface area contributed by atoms with Crippen LogP contribution in [0.25, 0.3) is 0 Å². The zero-order chi connectivity index (χ0) is 20.2. The summed E-state index contributed by atoms with van der Waals surface area (Å²) in [6.07, 6.45) is 4.49. The normalized spacial score (nSPS) is 17.0. The average molecular weight is 413 g/mol. The van der Waals surface area contributed by atoms with Crippen molar-refractivity contribution in [2.24, 2.45) is 0 Å². The minimum atomic E-state index is -0.0421. The van der Waals surface area contributed by atoms with Gasteiger partial charge < -0.3 is 20.0 Å². The fourth-order valence-corrected chi connectivity index (χ4v) is 4.31. The van der Waals surface area contributed by atoms with Crippen LogP contribution in [0.5, 0.6) is 0 Å². The first-order valence-electron chi connectivity index (χ1n) is 10.2. The fourth-order valence-electron chi connectivity index (χ4n) is 3.85. The van der Waals surface area contributed by atoms with Gasteiger partial charge in [-0.1, -0.05) is 6.07 Å². The minimum absolute atomic E-state index is 0.0421. The lowest BCUT2D eigenvalue weighted by atomic mass is 10.3. The van der Waals surface area contributed by atoms with Crippen LogP contribution < -0.4 is 15.1 Å². The molecule has 8 heteroatoms. The Hall–Kier alpha value is -2.48. The van der Waals surface area contributed by atoms with Crippen molar-refractivity contribution >= 4 is 35.1 Å². The van der Waals surface area contributed by atoms with Crippen LogP contribution in [-0.2, 0) is 0 Å². The molecular weight excluding hydrogens is 384 g/mol. The topological polar surface area (TPSA) is 64.6 Å². The van der Waals surface area contributed by atoms with Crippen LogP contribution in [0.4, 0.5) is 22.1 Å². The summed E-state index contributed by atoms with van der Waals surface area (Å²) in [5.41, 5.74) is 0.839. The molecule has 0 aliphatic carbocycles. The standard InChI is InChI=1S/C21H28N6OS/c1-16-22-19(25-8-3-4-9-25)15-20(23-16)26-10-12-27(13-11-26)21(28)24-17-6-5-7-18(14-17)29-2/h5-7,14-15H,3-4,8-13H2,1-2H3,(H,24,28). The molecule has 2 saturated heterocycles. The summed E-state index contributed by atoms with van der Waals surface area (Å²) in [7, 11) is 0. The lowest BCUT2D eigenvalue weighted by molar-refractivity contribution is 0.208. The summed E-state index contributed by atoms with van der Waals surface area (Å²) < 4.78 is 0. The Kier molecular flexibility index (Phi) is 6.08. The van der Waals surface area contributed by atoms with E-state index in [0.717, 1.165) is 54.2 Å². The van der Waals surface area contributed by atoms with Crippen LogP contribution in [0.15, 0.2) is 35.2 Å². The first-order chi connectivity index (χ1) is 14.1. The maximum atomic E-state index is 12.6. The Morgan fingerprint density at radius 1 is 0.966 bits per heavy atom. The van der Waals surface area contributed by atoms with Gasteiger partial charge in [-0.25, -0.2) is 14.8 Å². The Labute approximate surface area is 176 Å². The number of hydrogen-bond donors (Lipinski definition) is 1. The predicted octanol–water partition coefficient (Wildman–Crippen LogP) is 3.46. The Balaban J connectivity index is 1.37. The minimum Gasteiger partial charge on any atom is -0.356 e. The molecule has 3 heterocycles. The first kappa shape index (κ1) is 19.8. The quantitative estimate of drug-likeness (QED) is 0.776. The number of carbonyl (C=O) groups excluding carboxylic acids is 1. The van der Waals surface area contributed by atoms with E-state index in [1.165, 1.54) is 12.8 Å². The summed E-state index contributed by atoms with van der Waals surface area (Å²) >= 11 is 1.67. The molecule has 0 atom stereocenters. The van der Waals surface area contributed by atoms with Crippen molar-refractivity contribution in [3.63, 3.8) is 0 Å². The summed E-state index contributed by atoms with van der Waals surface area (Å²) in [5, 5.41) is 3.02. The van der Waals surface area contributed by atoms with Gasteiger partial charge in [0.2, 0.25) is 0 Å². The number of hydrogen-bond acceptors (Lipinski definition) is 6. The molecule has 2 aliphatic heterocycles. The summed E-state index contributed by atoms with van der Waals surface area (Å²) in [6.45, 7) is 6.99. The summed E-state index contributed by atoms with van der Waals surface area (Å²) in [5.74, 6) is 2.80. The van der Waals surface area contributed by atoms with E-state index < -0.39 is 0 Å². The van der Waals surface area contributed by atoms with Gasteiger partial charge in [-0.2, -0.15) is 0 Å². The molecule has 7 nitrogen and oxygen atoms in total. The lowest BCUT2D eigenvalue weighted by Crippen LogP contribution is -2.50. The van der Waals surface area contributed by atoms with Crippen molar-refractivity contribution in [3.8, 4) is 0 Å². The molecule has 1 aromatic carbocycles. The zero-order valence-corrected chi connectivity index (χ0v) is 17.9. The van der Waals surface area contributed by atoms with Crippen LogP contribution in [0.2, 0.25) is 0 Å². The molecular formula is C21H28N6OS. The highest BCUT2D eigenvalue weighted by Crippen LogP contribution is 2.24. The van der Waals surface area contributed by atoms with Crippen LogP contribution in [-0.4, -0.2) is 66.4 Å². The lowest BCUT2D eigenvalue weighted by Gasteiger charge is -2.35. The second kappa shape index (κ2) is 8.90. The van der Waals surface area contributed by atoms with Gasteiger partial charge in [0.1, 0.15) is 17.5 Å². The molecule has 2 aromatic rings. The number of anilines is 3. The summed E-state index contributed by atoms with van der Waals surface area (Å²) in [4.78, 5) is 29.5. The van der Waals surface area contributed by atoms with Crippen molar-refractivity contribution in [1.82, 2.24) is 14.9 Å². The van der Waals surface area contributed by atoms with E-state index in [-0.39, 0.29) is 6.03 Å². The number of piperazine rings is 1. The molecule has 1 N–H and O–H groups in total. The van der Waals surface area contributed by atoms with Gasteiger partial charge in [-0.15, -0.1) is 11.8 Å². The molecule has 154 valence electrons. The third-order valence-corrected chi connectivity index (χ3v) is 6.18. The zero-order valence-electron chi connectivity index (χ0n) is 17.1. The van der Waals surface area contributed by atoms with Crippen LogP contribution >= 0.6 is 11.8 Å². The van der Waals surface area contributed by atoms with Gasteiger partial charge in [0.25, 0.3) is 0 Å². The summed E-state index contributed by atoms with van der Waals surface area (Å²) in [6, 6.07) is 10.00. The third-order valence-electron chi connectivity index (χ3n) is 5.45. The van der Waals surface area contributed by atoms with Crippen LogP contribution in [0.3, 0.4) is 0 Å². The van der Waals surface area contributed by atoms with Gasteiger partial charge in [-0.3, -0.25) is 0 Å². The second-order valence-electron chi connectivity index (χ2n) is 7.46. The molecule has 4 rings (SSSR count). The Bertz CT molecular complexity index is 862. The molecule has 0 saturated carbocycles. The number of amides is 2. The van der Waals surface area contributed by atoms with E-state index in [4.69, 9.17) is 0 Å². The number of nitrogens with zero attached hydrogens (tertiary/aromatic N) is 5. The number of aromatic nitrogens is 2. The monoisotopic (exact) mass is 412 g/mol. The predicted molar refractivity (Wildman–Crippen MR) is 119 cm³/mol. The van der Waals surface area contributed by atoms with Crippen molar-refractivity contribution < 1.29 is 4.79 Å². The Morgan fingerprint density at radius 3 is 2.28 bits per heavy atom. The average Bonchev–Trinajstić information content (AvgIpc) is 3.28. The van der Waals surface area contributed by atoms with Gasteiger partial charge in [0.05, 0.1) is 0 Å². The maximum absolute atomic E-state index is 12.6. The number of urea groups is 1. The molecule has 2 fully saturated rings. The van der Waals surface area contributed by atoms with Gasteiger partial charge in [0, 0.05) is 55.9 Å². The SMILES string of the molecule is CSc1cccc(NC(=O)N2CCN(c3cc(N4CCCC4)nc(C)n3)CC2)c1. The molecule has 0 spiro atoms. The number of benzene rings is 1. The van der Waals surface area contributed by atoms with E-state index in [2.05, 4.69) is 31.2 Å². The van der Waals surface area contributed by atoms with Crippen molar-refractivity contribution in [2.75, 3.05) is 60.6 Å². The van der Waals surface area contributed by atoms with Crippen molar-refractivity contribution in [2.45, 2.75) is 24.7 Å². The van der Waals surface area contributed by atoms with Crippen LogP contribution in [0.1, 0.15) is 18.7 Å². The highest BCUT2D eigenvalue weighted by molar-refractivity contribution is 7.98. The second-order valence-corrected chi connectivity index (χ2v) is 8.34. The first-order valence-corrected chi connectivity index (χ1v) is 11.4. The van der Waals surface area contributed by atoms with Crippen molar-refractivity contribution in [1.29, 1.82) is 0 Å². The van der Waals surface area contributed by atoms with E-state index in [1.807, 2.05) is 42.3 Å². The van der Waals surface area contributed by atoms with Gasteiger partial charge in [0.15, 0.2) is 0 Å². The van der Waals surface area contributed by atoms with Crippen molar-refractivity contribution in [3.05, 3.63) is 36.2 Å². The molecule has 2 aliphatic rings. The van der Waals surface area contributed by atoms with Gasteiger partial charge in [-0.05, 0) is 44.2 Å². The van der Waals surface area contributed by atoms with E-state index in [9.17, 15) is 4.79 Å². The van der Waals surface area contributed by atoms with Gasteiger partial charge >= 0.3 is 6.03 Å². The number of carbonyl (C=O) groups is 1. The van der Waals surface area contributed by atoms with Crippen LogP contribution in [0, 0.1) is 6.92 Å². The molecule has 1 aromatic heterocycles. The highest BCUT2D eigenvalue weighted by Gasteiger charge is 2.23. The largest absolute Gasteiger partial charge is 0.356 e. The smallest absolute Gasteiger partial charge is 0.321 e. The molecule has 0 radical (unpaired) electrons. The van der Waals surface area contributed by atoms with E-state index >= 15 is 0 Å². The maximum Gasteiger partial charge on any atom is 0.321 e. The molecule has 0 bridgehead atoms. The number of thioether (sulfide) groups is 1.